The molecule has 1 saturated carbocycles. The van der Waals surface area contributed by atoms with Crippen LogP contribution < -0.4 is 10.6 Å². The van der Waals surface area contributed by atoms with Gasteiger partial charge in [0.25, 0.3) is 0 Å². The normalized spacial score (nSPS) is 17.3. The molecule has 0 spiro atoms. The fraction of sp³-hybridized carbons (Fsp3) is 0.471. The lowest BCUT2D eigenvalue weighted by Crippen LogP contribution is -2.34. The Morgan fingerprint density at radius 3 is 2.52 bits per heavy atom. The monoisotopic (exact) mass is 317 g/mol. The SMILES string of the molecule is C[C@@H](N/C=C(\NC(=O)c1ccccc1)[N+](=O)[O-])C1CCCCC1. The zero-order valence-corrected chi connectivity index (χ0v) is 13.3. The van der Waals surface area contributed by atoms with Crippen molar-refractivity contribution in [2.24, 2.45) is 5.92 Å². The molecule has 6 heteroatoms. The van der Waals surface area contributed by atoms with Crippen LogP contribution in [-0.4, -0.2) is 16.9 Å². The average Bonchev–Trinajstić information content (AvgIpc) is 2.59. The molecule has 2 N–H and O–H groups in total. The van der Waals surface area contributed by atoms with Crippen molar-refractivity contribution in [1.82, 2.24) is 10.6 Å². The van der Waals surface area contributed by atoms with E-state index < -0.39 is 10.8 Å². The van der Waals surface area contributed by atoms with Crippen LogP contribution in [0.4, 0.5) is 0 Å². The maximum Gasteiger partial charge on any atom is 0.339 e. The van der Waals surface area contributed by atoms with Crippen molar-refractivity contribution < 1.29 is 9.72 Å². The van der Waals surface area contributed by atoms with E-state index in [0.29, 0.717) is 11.5 Å². The molecular formula is C17H23N3O3. The maximum atomic E-state index is 12.0. The van der Waals surface area contributed by atoms with Gasteiger partial charge in [0.15, 0.2) is 0 Å². The number of hydrogen-bond acceptors (Lipinski definition) is 4. The molecule has 23 heavy (non-hydrogen) atoms. The Balaban J connectivity index is 1.97. The van der Waals surface area contributed by atoms with Gasteiger partial charge in [-0.05, 0) is 42.7 Å². The molecule has 1 amide bonds. The van der Waals surface area contributed by atoms with Crippen molar-refractivity contribution in [1.29, 1.82) is 0 Å². The van der Waals surface area contributed by atoms with Gasteiger partial charge in [0.2, 0.25) is 0 Å². The summed E-state index contributed by atoms with van der Waals surface area (Å²) in [6, 6.07) is 8.60. The Morgan fingerprint density at radius 2 is 1.91 bits per heavy atom. The number of benzene rings is 1. The summed E-state index contributed by atoms with van der Waals surface area (Å²) in [7, 11) is 0. The minimum atomic E-state index is -0.582. The molecule has 0 aliphatic heterocycles. The molecule has 1 atom stereocenters. The highest BCUT2D eigenvalue weighted by Gasteiger charge is 2.21. The lowest BCUT2D eigenvalue weighted by atomic mass is 9.85. The van der Waals surface area contributed by atoms with E-state index in [-0.39, 0.29) is 11.9 Å². The smallest absolute Gasteiger partial charge is 0.339 e. The number of nitrogens with one attached hydrogen (secondary N) is 2. The molecule has 1 aromatic carbocycles. The first-order valence-electron chi connectivity index (χ1n) is 8.05. The Bertz CT molecular complexity index is 566. The summed E-state index contributed by atoms with van der Waals surface area (Å²) in [6.07, 6.45) is 7.30. The number of carbonyl (C=O) groups excluding carboxylic acids is 1. The van der Waals surface area contributed by atoms with E-state index in [1.807, 2.05) is 6.92 Å². The van der Waals surface area contributed by atoms with Crippen LogP contribution in [0, 0.1) is 16.0 Å². The molecule has 0 unspecified atom stereocenters. The van der Waals surface area contributed by atoms with Crippen LogP contribution in [-0.2, 0) is 0 Å². The molecule has 0 radical (unpaired) electrons. The van der Waals surface area contributed by atoms with E-state index in [2.05, 4.69) is 10.6 Å². The molecule has 1 aromatic rings. The highest BCUT2D eigenvalue weighted by Crippen LogP contribution is 2.26. The number of amides is 1. The van der Waals surface area contributed by atoms with Crippen molar-refractivity contribution >= 4 is 5.91 Å². The van der Waals surface area contributed by atoms with Crippen LogP contribution >= 0.6 is 0 Å². The predicted octanol–water partition coefficient (Wildman–Crippen LogP) is 3.05. The average molecular weight is 317 g/mol. The molecule has 1 aliphatic rings. The molecule has 0 bridgehead atoms. The maximum absolute atomic E-state index is 12.0. The van der Waals surface area contributed by atoms with Crippen molar-refractivity contribution in [2.75, 3.05) is 0 Å². The third-order valence-electron chi connectivity index (χ3n) is 4.31. The molecule has 124 valence electrons. The Labute approximate surface area is 136 Å². The van der Waals surface area contributed by atoms with Crippen molar-refractivity contribution in [3.8, 4) is 0 Å². The molecule has 0 saturated heterocycles. The van der Waals surface area contributed by atoms with E-state index >= 15 is 0 Å². The lowest BCUT2D eigenvalue weighted by molar-refractivity contribution is -0.430. The van der Waals surface area contributed by atoms with Crippen molar-refractivity contribution in [3.63, 3.8) is 0 Å². The van der Waals surface area contributed by atoms with Gasteiger partial charge in [-0.3, -0.25) is 0 Å². The fourth-order valence-electron chi connectivity index (χ4n) is 2.89. The largest absolute Gasteiger partial charge is 0.381 e. The lowest BCUT2D eigenvalue weighted by Gasteiger charge is -2.27. The van der Waals surface area contributed by atoms with Crippen molar-refractivity contribution in [2.45, 2.75) is 45.1 Å². The molecule has 0 aromatic heterocycles. The molecule has 6 nitrogen and oxygen atoms in total. The van der Waals surface area contributed by atoms with Crippen LogP contribution in [0.15, 0.2) is 42.4 Å². The Kier molecular flexibility index (Phi) is 6.14. The minimum Gasteiger partial charge on any atom is -0.381 e. The summed E-state index contributed by atoms with van der Waals surface area (Å²) in [6.45, 7) is 2.03. The summed E-state index contributed by atoms with van der Waals surface area (Å²) in [5.41, 5.74) is 0.389. The number of hydrogen-bond donors (Lipinski definition) is 2. The quantitative estimate of drug-likeness (QED) is 0.624. The second kappa shape index (κ2) is 8.31. The minimum absolute atomic E-state index is 0.152. The van der Waals surface area contributed by atoms with Gasteiger partial charge in [-0.15, -0.1) is 0 Å². The molecule has 2 rings (SSSR count). The summed E-state index contributed by atoms with van der Waals surface area (Å²) in [4.78, 5) is 22.6. The first-order chi connectivity index (χ1) is 11.1. The van der Waals surface area contributed by atoms with E-state index in [4.69, 9.17) is 0 Å². The third kappa shape index (κ3) is 5.09. The summed E-state index contributed by atoms with van der Waals surface area (Å²) < 4.78 is 0. The standard InChI is InChI=1S/C17H23N3O3/c1-13(14-8-4-2-5-9-14)18-12-16(20(22)23)19-17(21)15-10-6-3-7-11-15/h3,6-7,10-14,18H,2,4-5,8-9H2,1H3,(H,19,21)/b16-12+/t13-/m1/s1. The van der Waals surface area contributed by atoms with Gasteiger partial charge in [0, 0.05) is 6.04 Å². The van der Waals surface area contributed by atoms with Gasteiger partial charge in [-0.25, -0.2) is 10.1 Å². The first kappa shape index (κ1) is 17.0. The van der Waals surface area contributed by atoms with Gasteiger partial charge in [-0.2, -0.15) is 0 Å². The summed E-state index contributed by atoms with van der Waals surface area (Å²) in [5.74, 6) is -0.292. The highest BCUT2D eigenvalue weighted by molar-refractivity contribution is 5.94. The second-order valence-corrected chi connectivity index (χ2v) is 5.96. The van der Waals surface area contributed by atoms with Crippen molar-refractivity contribution in [3.05, 3.63) is 58.0 Å². The zero-order valence-electron chi connectivity index (χ0n) is 13.3. The van der Waals surface area contributed by atoms with Gasteiger partial charge < -0.3 is 15.4 Å². The number of nitro groups is 1. The van der Waals surface area contributed by atoms with E-state index in [9.17, 15) is 14.9 Å². The molecule has 0 heterocycles. The van der Waals surface area contributed by atoms with Gasteiger partial charge in [0.05, 0.1) is 11.8 Å². The number of rotatable bonds is 6. The number of nitrogens with zero attached hydrogens (tertiary/aromatic N) is 1. The van der Waals surface area contributed by atoms with Gasteiger partial charge in [-0.1, -0.05) is 37.5 Å². The molecule has 1 fully saturated rings. The fourth-order valence-corrected chi connectivity index (χ4v) is 2.89. The van der Waals surface area contributed by atoms with Gasteiger partial charge >= 0.3 is 11.7 Å². The zero-order chi connectivity index (χ0) is 16.7. The van der Waals surface area contributed by atoms with E-state index in [0.717, 1.165) is 12.8 Å². The van der Waals surface area contributed by atoms with Crippen LogP contribution in [0.3, 0.4) is 0 Å². The second-order valence-electron chi connectivity index (χ2n) is 5.96. The highest BCUT2D eigenvalue weighted by atomic mass is 16.6. The molecule has 1 aliphatic carbocycles. The number of carbonyl (C=O) groups is 1. The molecular weight excluding hydrogens is 294 g/mol. The first-order valence-corrected chi connectivity index (χ1v) is 8.05. The van der Waals surface area contributed by atoms with E-state index in [1.54, 1.807) is 30.3 Å². The van der Waals surface area contributed by atoms with Crippen LogP contribution in [0.1, 0.15) is 49.4 Å². The van der Waals surface area contributed by atoms with Crippen LogP contribution in [0.25, 0.3) is 0 Å². The Morgan fingerprint density at radius 1 is 1.26 bits per heavy atom. The summed E-state index contributed by atoms with van der Waals surface area (Å²) in [5, 5.41) is 16.6. The Hall–Kier alpha value is -2.37. The topological polar surface area (TPSA) is 84.3 Å². The van der Waals surface area contributed by atoms with E-state index in [1.165, 1.54) is 25.5 Å². The van der Waals surface area contributed by atoms with Crippen LogP contribution in [0.5, 0.6) is 0 Å². The third-order valence-corrected chi connectivity index (χ3v) is 4.31. The van der Waals surface area contributed by atoms with Gasteiger partial charge in [0.1, 0.15) is 0 Å². The van der Waals surface area contributed by atoms with Crippen LogP contribution in [0.2, 0.25) is 0 Å². The summed E-state index contributed by atoms with van der Waals surface area (Å²) >= 11 is 0. The predicted molar refractivity (Wildman–Crippen MR) is 88.2 cm³/mol.